The third kappa shape index (κ3) is 5.61. The maximum Gasteiger partial charge on any atom is 0.241 e. The van der Waals surface area contributed by atoms with Crippen molar-refractivity contribution in [2.24, 2.45) is 13.0 Å². The fraction of sp³-hybridized carbons (Fsp3) is 0.545. The summed E-state index contributed by atoms with van der Waals surface area (Å²) >= 11 is 0. The first-order chi connectivity index (χ1) is 14.7. The van der Waals surface area contributed by atoms with E-state index in [1.165, 1.54) is 6.21 Å². The molecule has 3 N–H and O–H groups in total. The number of allylic oxidation sites excluding steroid dienone is 1. The molecule has 2 atom stereocenters. The number of aromatic nitrogens is 3. The summed E-state index contributed by atoms with van der Waals surface area (Å²) < 4.78 is 13.5. The van der Waals surface area contributed by atoms with E-state index in [1.54, 1.807) is 19.6 Å². The summed E-state index contributed by atoms with van der Waals surface area (Å²) in [6, 6.07) is 1.86. The molecule has 1 saturated heterocycles. The SMILES string of the molecule is COCCC(Oc1nc(/C(C=N)=C/NC(C)(C)C)cc2ncn(C)c12)C1CNC(=O)C1. The van der Waals surface area contributed by atoms with Crippen molar-refractivity contribution in [2.45, 2.75) is 45.3 Å². The molecule has 1 amide bonds. The quantitative estimate of drug-likeness (QED) is 0.528. The Labute approximate surface area is 182 Å². The Kier molecular flexibility index (Phi) is 6.94. The fourth-order valence-corrected chi connectivity index (χ4v) is 3.51. The van der Waals surface area contributed by atoms with Gasteiger partial charge in [0.15, 0.2) is 0 Å². The lowest BCUT2D eigenvalue weighted by atomic mass is 9.99. The Morgan fingerprint density at radius 2 is 2.26 bits per heavy atom. The third-order valence-corrected chi connectivity index (χ3v) is 5.18. The van der Waals surface area contributed by atoms with Crippen molar-refractivity contribution < 1.29 is 14.3 Å². The summed E-state index contributed by atoms with van der Waals surface area (Å²) in [6.07, 6.45) is 5.59. The van der Waals surface area contributed by atoms with Gasteiger partial charge in [-0.2, -0.15) is 0 Å². The molecule has 1 aliphatic heterocycles. The van der Waals surface area contributed by atoms with E-state index in [2.05, 4.69) is 15.6 Å². The van der Waals surface area contributed by atoms with Crippen molar-refractivity contribution in [2.75, 3.05) is 20.3 Å². The fourth-order valence-electron chi connectivity index (χ4n) is 3.51. The number of nitrogens with zero attached hydrogens (tertiary/aromatic N) is 3. The van der Waals surface area contributed by atoms with Crippen LogP contribution in [0.25, 0.3) is 16.6 Å². The molecule has 0 saturated carbocycles. The molecule has 31 heavy (non-hydrogen) atoms. The Bertz CT molecular complexity index is 976. The molecule has 168 valence electrons. The first-order valence-corrected chi connectivity index (χ1v) is 10.4. The van der Waals surface area contributed by atoms with Gasteiger partial charge in [-0.15, -0.1) is 0 Å². The molecule has 2 aromatic rings. The summed E-state index contributed by atoms with van der Waals surface area (Å²) in [5.74, 6) is 0.513. The highest BCUT2D eigenvalue weighted by Gasteiger charge is 2.32. The van der Waals surface area contributed by atoms with E-state index in [1.807, 2.05) is 38.5 Å². The van der Waals surface area contributed by atoms with Crippen LogP contribution >= 0.6 is 0 Å². The predicted molar refractivity (Wildman–Crippen MR) is 120 cm³/mol. The van der Waals surface area contributed by atoms with Crippen molar-refractivity contribution in [3.8, 4) is 5.88 Å². The van der Waals surface area contributed by atoms with Crippen LogP contribution in [0.2, 0.25) is 0 Å². The highest BCUT2D eigenvalue weighted by molar-refractivity contribution is 6.08. The maximum absolute atomic E-state index is 11.8. The van der Waals surface area contributed by atoms with Crippen LogP contribution in [0.4, 0.5) is 0 Å². The second-order valence-corrected chi connectivity index (χ2v) is 8.88. The molecule has 0 radical (unpaired) electrons. The summed E-state index contributed by atoms with van der Waals surface area (Å²) in [4.78, 5) is 21.0. The second-order valence-electron chi connectivity index (χ2n) is 8.88. The first-order valence-electron chi connectivity index (χ1n) is 10.4. The average Bonchev–Trinajstić information content (AvgIpc) is 3.30. The van der Waals surface area contributed by atoms with Crippen molar-refractivity contribution in [1.82, 2.24) is 25.2 Å². The van der Waals surface area contributed by atoms with E-state index < -0.39 is 0 Å². The number of aryl methyl sites for hydroxylation is 1. The Balaban J connectivity index is 2.00. The topological polar surface area (TPSA) is 114 Å². The molecular weight excluding hydrogens is 396 g/mol. The van der Waals surface area contributed by atoms with Gasteiger partial charge in [-0.1, -0.05) is 0 Å². The zero-order chi connectivity index (χ0) is 22.6. The van der Waals surface area contributed by atoms with Crippen LogP contribution in [-0.2, 0) is 16.6 Å². The van der Waals surface area contributed by atoms with Gasteiger partial charge in [-0.25, -0.2) is 9.97 Å². The smallest absolute Gasteiger partial charge is 0.241 e. The van der Waals surface area contributed by atoms with Crippen LogP contribution < -0.4 is 15.4 Å². The van der Waals surface area contributed by atoms with Crippen LogP contribution in [-0.4, -0.2) is 58.6 Å². The normalized spacial score (nSPS) is 18.2. The minimum Gasteiger partial charge on any atom is -0.472 e. The molecule has 0 bridgehead atoms. The zero-order valence-corrected chi connectivity index (χ0v) is 18.9. The average molecular weight is 429 g/mol. The largest absolute Gasteiger partial charge is 0.472 e. The van der Waals surface area contributed by atoms with Gasteiger partial charge in [0.25, 0.3) is 0 Å². The van der Waals surface area contributed by atoms with Gasteiger partial charge in [-0.05, 0) is 26.8 Å². The second kappa shape index (κ2) is 9.47. The number of methoxy groups -OCH3 is 1. The molecule has 3 heterocycles. The predicted octanol–water partition coefficient (Wildman–Crippen LogP) is 2.27. The molecule has 1 aliphatic rings. The zero-order valence-electron chi connectivity index (χ0n) is 18.9. The van der Waals surface area contributed by atoms with Gasteiger partial charge < -0.3 is 30.1 Å². The molecule has 9 heteroatoms. The number of fused-ring (bicyclic) bond motifs is 1. The molecular formula is C22H32N6O3. The molecule has 0 spiro atoms. The summed E-state index contributed by atoms with van der Waals surface area (Å²) in [7, 11) is 3.54. The van der Waals surface area contributed by atoms with Crippen molar-refractivity contribution in [3.05, 3.63) is 24.3 Å². The van der Waals surface area contributed by atoms with Crippen LogP contribution in [0.3, 0.4) is 0 Å². The number of imidazole rings is 1. The minimum absolute atomic E-state index is 0.0330. The summed E-state index contributed by atoms with van der Waals surface area (Å²) in [5, 5.41) is 14.0. The number of amides is 1. The molecule has 9 nitrogen and oxygen atoms in total. The number of nitrogens with one attached hydrogen (secondary N) is 3. The number of pyridine rings is 1. The van der Waals surface area contributed by atoms with Gasteiger partial charge in [0.1, 0.15) is 11.6 Å². The van der Waals surface area contributed by atoms with Crippen LogP contribution in [0.1, 0.15) is 39.3 Å². The maximum atomic E-state index is 11.8. The number of ether oxygens (including phenoxy) is 2. The molecule has 2 aromatic heterocycles. The number of rotatable bonds is 9. The van der Waals surface area contributed by atoms with E-state index >= 15 is 0 Å². The highest BCUT2D eigenvalue weighted by Crippen LogP contribution is 2.29. The molecule has 2 unspecified atom stereocenters. The van der Waals surface area contributed by atoms with E-state index in [0.29, 0.717) is 43.1 Å². The third-order valence-electron chi connectivity index (χ3n) is 5.18. The number of hydrogen-bond donors (Lipinski definition) is 3. The summed E-state index contributed by atoms with van der Waals surface area (Å²) in [5.41, 5.74) is 2.59. The molecule has 0 aliphatic carbocycles. The lowest BCUT2D eigenvalue weighted by Crippen LogP contribution is -2.31. The molecule has 0 aromatic carbocycles. The monoisotopic (exact) mass is 428 g/mol. The Morgan fingerprint density at radius 3 is 2.87 bits per heavy atom. The van der Waals surface area contributed by atoms with Crippen molar-refractivity contribution >= 4 is 28.7 Å². The highest BCUT2D eigenvalue weighted by atomic mass is 16.5. The van der Waals surface area contributed by atoms with Gasteiger partial charge in [0.2, 0.25) is 11.8 Å². The number of carbonyl (C=O) groups is 1. The lowest BCUT2D eigenvalue weighted by molar-refractivity contribution is -0.119. The van der Waals surface area contributed by atoms with Gasteiger partial charge in [0, 0.05) is 69.6 Å². The van der Waals surface area contributed by atoms with E-state index in [0.717, 1.165) is 11.0 Å². The van der Waals surface area contributed by atoms with Crippen molar-refractivity contribution in [3.63, 3.8) is 0 Å². The Hall–Kier alpha value is -2.94. The van der Waals surface area contributed by atoms with Crippen LogP contribution in [0.5, 0.6) is 5.88 Å². The number of carbonyl (C=O) groups excluding carboxylic acids is 1. The lowest BCUT2D eigenvalue weighted by Gasteiger charge is -2.24. The van der Waals surface area contributed by atoms with E-state index in [-0.39, 0.29) is 23.5 Å². The molecule has 1 fully saturated rings. The van der Waals surface area contributed by atoms with E-state index in [9.17, 15) is 4.79 Å². The van der Waals surface area contributed by atoms with Crippen LogP contribution in [0.15, 0.2) is 18.6 Å². The van der Waals surface area contributed by atoms with E-state index in [4.69, 9.17) is 19.9 Å². The Morgan fingerprint density at radius 1 is 1.48 bits per heavy atom. The van der Waals surface area contributed by atoms with Crippen molar-refractivity contribution in [1.29, 1.82) is 5.41 Å². The van der Waals surface area contributed by atoms with Gasteiger partial charge >= 0.3 is 0 Å². The summed E-state index contributed by atoms with van der Waals surface area (Å²) in [6.45, 7) is 7.23. The van der Waals surface area contributed by atoms with Crippen LogP contribution in [0, 0.1) is 11.3 Å². The minimum atomic E-state index is -0.236. The molecule has 3 rings (SSSR count). The standard InChI is InChI=1S/C22H32N6O3/c1-22(2,3)26-12-15(10-23)16-9-17-20(28(4)13-25-17)21(27-16)31-18(6-7-30-5)14-8-19(29)24-11-14/h9-10,12-14,18,23,26H,6-8,11H2,1-5H3,(H,24,29)/b15-12+,23-10?. The first kappa shape index (κ1) is 22.7. The van der Waals surface area contributed by atoms with Gasteiger partial charge in [-0.3, -0.25) is 4.79 Å². The number of hydrogen-bond acceptors (Lipinski definition) is 7. The van der Waals surface area contributed by atoms with Gasteiger partial charge in [0.05, 0.1) is 17.5 Å².